The molecule has 0 bridgehead atoms. The molecule has 2 amide bonds. The Hall–Kier alpha value is -3.32. The lowest BCUT2D eigenvalue weighted by atomic mass is 10.1. The van der Waals surface area contributed by atoms with Crippen molar-refractivity contribution < 1.29 is 14.3 Å². The number of hydrogen-bond donors (Lipinski definition) is 1. The van der Waals surface area contributed by atoms with Gasteiger partial charge in [0.15, 0.2) is 0 Å². The Morgan fingerprint density at radius 1 is 1.06 bits per heavy atom. The molecule has 0 saturated carbocycles. The molecule has 0 atom stereocenters. The number of aromatic nitrogens is 1. The van der Waals surface area contributed by atoms with Crippen LogP contribution in [0.3, 0.4) is 0 Å². The van der Waals surface area contributed by atoms with Gasteiger partial charge in [0.2, 0.25) is 5.91 Å². The summed E-state index contributed by atoms with van der Waals surface area (Å²) in [4.78, 5) is 33.9. The maximum absolute atomic E-state index is 12.7. The average Bonchev–Trinajstić information content (AvgIpc) is 2.82. The average molecular weight is 453 g/mol. The molecule has 4 rings (SSSR count). The summed E-state index contributed by atoms with van der Waals surface area (Å²) in [5, 5.41) is 4.29. The summed E-state index contributed by atoms with van der Waals surface area (Å²) in [5.74, 6) is 0.314. The van der Waals surface area contributed by atoms with Gasteiger partial charge in [-0.15, -0.1) is 0 Å². The van der Waals surface area contributed by atoms with Crippen molar-refractivity contribution in [2.24, 2.45) is 0 Å². The zero-order chi connectivity index (χ0) is 22.7. The van der Waals surface area contributed by atoms with Crippen molar-refractivity contribution in [2.75, 3.05) is 44.7 Å². The lowest BCUT2D eigenvalue weighted by Gasteiger charge is -2.36. The van der Waals surface area contributed by atoms with Gasteiger partial charge in [0, 0.05) is 48.3 Å². The fraction of sp³-hybridized carbons (Fsp3) is 0.292. The molecule has 0 unspecified atom stereocenters. The molecule has 2 heterocycles. The largest absolute Gasteiger partial charge is 0.497 e. The highest BCUT2D eigenvalue weighted by Gasteiger charge is 2.22. The molecule has 0 spiro atoms. The van der Waals surface area contributed by atoms with Crippen LogP contribution in [-0.4, -0.2) is 61.5 Å². The van der Waals surface area contributed by atoms with E-state index in [1.807, 2.05) is 42.5 Å². The van der Waals surface area contributed by atoms with Crippen LogP contribution < -0.4 is 15.0 Å². The zero-order valence-electron chi connectivity index (χ0n) is 18.1. The number of carbonyl (C=O) groups is 2. The topological polar surface area (TPSA) is 74.8 Å². The van der Waals surface area contributed by atoms with E-state index in [1.165, 1.54) is 0 Å². The summed E-state index contributed by atoms with van der Waals surface area (Å²) in [6, 6.07) is 15.0. The van der Waals surface area contributed by atoms with Gasteiger partial charge in [-0.3, -0.25) is 14.6 Å². The number of piperazine rings is 1. The van der Waals surface area contributed by atoms with Crippen LogP contribution in [-0.2, 0) is 4.79 Å². The van der Waals surface area contributed by atoms with Crippen LogP contribution in [0.5, 0.6) is 5.75 Å². The molecule has 1 N–H and O–H groups in total. The highest BCUT2D eigenvalue weighted by atomic mass is 35.5. The van der Waals surface area contributed by atoms with E-state index in [9.17, 15) is 9.59 Å². The quantitative estimate of drug-likeness (QED) is 0.643. The normalized spacial score (nSPS) is 13.8. The monoisotopic (exact) mass is 452 g/mol. The van der Waals surface area contributed by atoms with Crippen molar-refractivity contribution in [2.45, 2.75) is 6.92 Å². The first-order chi connectivity index (χ1) is 15.4. The van der Waals surface area contributed by atoms with Crippen molar-refractivity contribution >= 4 is 40.0 Å². The van der Waals surface area contributed by atoms with Crippen LogP contribution >= 0.6 is 11.6 Å². The highest BCUT2D eigenvalue weighted by molar-refractivity contribution is 6.30. The van der Waals surface area contributed by atoms with Gasteiger partial charge < -0.3 is 19.9 Å². The zero-order valence-corrected chi connectivity index (χ0v) is 18.9. The summed E-state index contributed by atoms with van der Waals surface area (Å²) in [6.45, 7) is 4.42. The van der Waals surface area contributed by atoms with E-state index in [0.717, 1.165) is 29.7 Å². The number of benzene rings is 2. The highest BCUT2D eigenvalue weighted by Crippen LogP contribution is 2.22. The SMILES string of the molecule is COc1ccc2cc(C(=O)NCC(=O)N3CCN(c4ccc(Cl)cc4)CC3)c(C)nc2c1. The number of aryl methyl sites for hydroxylation is 1. The fourth-order valence-corrected chi connectivity index (χ4v) is 3.95. The van der Waals surface area contributed by atoms with Crippen LogP contribution in [0.25, 0.3) is 10.9 Å². The Morgan fingerprint density at radius 3 is 2.47 bits per heavy atom. The molecule has 0 radical (unpaired) electrons. The molecule has 8 heteroatoms. The number of rotatable bonds is 5. The summed E-state index contributed by atoms with van der Waals surface area (Å²) < 4.78 is 5.23. The molecule has 1 saturated heterocycles. The van der Waals surface area contributed by atoms with Crippen molar-refractivity contribution in [3.05, 3.63) is 64.8 Å². The van der Waals surface area contributed by atoms with Gasteiger partial charge in [-0.1, -0.05) is 11.6 Å². The molecule has 1 aliphatic rings. The van der Waals surface area contributed by atoms with Crippen LogP contribution in [0.15, 0.2) is 48.5 Å². The van der Waals surface area contributed by atoms with Gasteiger partial charge in [0.1, 0.15) is 5.75 Å². The van der Waals surface area contributed by atoms with Crippen LogP contribution in [0.2, 0.25) is 5.02 Å². The first kappa shape index (κ1) is 21.9. The van der Waals surface area contributed by atoms with Crippen LogP contribution in [0.1, 0.15) is 16.1 Å². The maximum atomic E-state index is 12.7. The number of nitrogens with zero attached hydrogens (tertiary/aromatic N) is 3. The summed E-state index contributed by atoms with van der Waals surface area (Å²) >= 11 is 5.96. The van der Waals surface area contributed by atoms with E-state index >= 15 is 0 Å². The Balaban J connectivity index is 1.33. The summed E-state index contributed by atoms with van der Waals surface area (Å²) in [5.41, 5.74) is 2.91. The fourth-order valence-electron chi connectivity index (χ4n) is 3.83. The van der Waals surface area contributed by atoms with Gasteiger partial charge >= 0.3 is 0 Å². The smallest absolute Gasteiger partial charge is 0.253 e. The van der Waals surface area contributed by atoms with Gasteiger partial charge in [0.05, 0.1) is 30.4 Å². The summed E-state index contributed by atoms with van der Waals surface area (Å²) in [7, 11) is 1.60. The molecular weight excluding hydrogens is 428 g/mol. The molecule has 7 nitrogen and oxygen atoms in total. The van der Waals surface area contributed by atoms with Crippen molar-refractivity contribution in [1.29, 1.82) is 0 Å². The molecule has 166 valence electrons. The minimum absolute atomic E-state index is 0.0418. The van der Waals surface area contributed by atoms with E-state index in [4.69, 9.17) is 16.3 Å². The first-order valence-electron chi connectivity index (χ1n) is 10.5. The lowest BCUT2D eigenvalue weighted by Crippen LogP contribution is -2.51. The molecule has 3 aromatic rings. The molecule has 0 aliphatic carbocycles. The first-order valence-corrected chi connectivity index (χ1v) is 10.8. The van der Waals surface area contributed by atoms with Gasteiger partial charge in [-0.2, -0.15) is 0 Å². The number of methoxy groups -OCH3 is 1. The molecular formula is C24H25ClN4O3. The number of anilines is 1. The van der Waals surface area contributed by atoms with Crippen molar-refractivity contribution in [1.82, 2.24) is 15.2 Å². The minimum atomic E-state index is -0.305. The lowest BCUT2D eigenvalue weighted by molar-refractivity contribution is -0.130. The second-order valence-electron chi connectivity index (χ2n) is 7.71. The predicted octanol–water partition coefficient (Wildman–Crippen LogP) is 3.28. The Morgan fingerprint density at radius 2 is 1.78 bits per heavy atom. The third kappa shape index (κ3) is 4.78. The maximum Gasteiger partial charge on any atom is 0.253 e. The van der Waals surface area contributed by atoms with E-state index in [-0.39, 0.29) is 18.4 Å². The van der Waals surface area contributed by atoms with Crippen LogP contribution in [0.4, 0.5) is 5.69 Å². The standard InChI is InChI=1S/C24H25ClN4O3/c1-16-21(13-17-3-8-20(32-2)14-22(17)27-16)24(31)26-15-23(30)29-11-9-28(10-12-29)19-6-4-18(25)5-7-19/h3-8,13-14H,9-12,15H2,1-2H3,(H,26,31). The van der Waals surface area contributed by atoms with Gasteiger partial charge in [-0.25, -0.2) is 0 Å². The van der Waals surface area contributed by atoms with E-state index in [2.05, 4.69) is 15.2 Å². The Bertz CT molecular complexity index is 1140. The van der Waals surface area contributed by atoms with Crippen molar-refractivity contribution in [3.8, 4) is 5.75 Å². The predicted molar refractivity (Wildman–Crippen MR) is 126 cm³/mol. The van der Waals surface area contributed by atoms with E-state index in [1.54, 1.807) is 25.0 Å². The minimum Gasteiger partial charge on any atom is -0.497 e. The number of amides is 2. The van der Waals surface area contributed by atoms with Gasteiger partial charge in [-0.05, 0) is 49.4 Å². The number of pyridine rings is 1. The number of halogens is 1. The third-order valence-electron chi connectivity index (χ3n) is 5.68. The van der Waals surface area contributed by atoms with Crippen LogP contribution in [0, 0.1) is 6.92 Å². The number of nitrogens with one attached hydrogen (secondary N) is 1. The number of fused-ring (bicyclic) bond motifs is 1. The molecule has 32 heavy (non-hydrogen) atoms. The Kier molecular flexibility index (Phi) is 6.46. The second kappa shape index (κ2) is 9.44. The van der Waals surface area contributed by atoms with Gasteiger partial charge in [0.25, 0.3) is 5.91 Å². The number of hydrogen-bond acceptors (Lipinski definition) is 5. The third-order valence-corrected chi connectivity index (χ3v) is 5.94. The second-order valence-corrected chi connectivity index (χ2v) is 8.14. The summed E-state index contributed by atoms with van der Waals surface area (Å²) in [6.07, 6.45) is 0. The van der Waals surface area contributed by atoms with Crippen molar-refractivity contribution in [3.63, 3.8) is 0 Å². The number of carbonyl (C=O) groups excluding carboxylic acids is 2. The molecule has 2 aromatic carbocycles. The molecule has 1 aromatic heterocycles. The Labute approximate surface area is 191 Å². The van der Waals surface area contributed by atoms with E-state index in [0.29, 0.717) is 35.1 Å². The van der Waals surface area contributed by atoms with E-state index < -0.39 is 0 Å². The molecule has 1 fully saturated rings. The molecule has 1 aliphatic heterocycles. The number of ether oxygens (including phenoxy) is 1.